The maximum atomic E-state index is 12.1. The van der Waals surface area contributed by atoms with Gasteiger partial charge in [-0.3, -0.25) is 4.79 Å². The van der Waals surface area contributed by atoms with E-state index < -0.39 is 12.3 Å². The smallest absolute Gasteiger partial charge is 0.406 e. The second-order valence-corrected chi connectivity index (χ2v) is 5.36. The SMILES string of the molecule is Cc1ccc(NC(=O)c2ccc(OC(F)(F)F)cc2)c(Br)c1. The van der Waals surface area contributed by atoms with Crippen LogP contribution in [-0.2, 0) is 0 Å². The molecule has 22 heavy (non-hydrogen) atoms. The molecule has 0 heterocycles. The number of nitrogens with one attached hydrogen (secondary N) is 1. The van der Waals surface area contributed by atoms with Crippen LogP contribution in [0, 0.1) is 6.92 Å². The molecule has 0 aliphatic carbocycles. The van der Waals surface area contributed by atoms with Crippen molar-refractivity contribution in [3.63, 3.8) is 0 Å². The molecule has 0 fully saturated rings. The van der Waals surface area contributed by atoms with Crippen LogP contribution in [0.2, 0.25) is 0 Å². The first-order chi connectivity index (χ1) is 10.2. The molecule has 2 aromatic rings. The minimum absolute atomic E-state index is 0.224. The van der Waals surface area contributed by atoms with Gasteiger partial charge in [0.15, 0.2) is 0 Å². The average Bonchev–Trinajstić information content (AvgIpc) is 2.41. The predicted octanol–water partition coefficient (Wildman–Crippen LogP) is 4.91. The average molecular weight is 374 g/mol. The number of amides is 1. The lowest BCUT2D eigenvalue weighted by molar-refractivity contribution is -0.274. The van der Waals surface area contributed by atoms with Crippen molar-refractivity contribution in [2.24, 2.45) is 0 Å². The second kappa shape index (κ2) is 6.39. The van der Waals surface area contributed by atoms with E-state index >= 15 is 0 Å². The van der Waals surface area contributed by atoms with Crippen LogP contribution in [0.5, 0.6) is 5.75 Å². The van der Waals surface area contributed by atoms with Gasteiger partial charge < -0.3 is 10.1 Å². The number of halogens is 4. The summed E-state index contributed by atoms with van der Waals surface area (Å²) in [5, 5.41) is 2.67. The number of ether oxygens (including phenoxy) is 1. The third kappa shape index (κ3) is 4.49. The molecule has 1 N–H and O–H groups in total. The van der Waals surface area contributed by atoms with Crippen molar-refractivity contribution in [3.05, 3.63) is 58.1 Å². The van der Waals surface area contributed by atoms with Crippen molar-refractivity contribution in [3.8, 4) is 5.75 Å². The summed E-state index contributed by atoms with van der Waals surface area (Å²) in [5.74, 6) is -0.802. The van der Waals surface area contributed by atoms with Crippen molar-refractivity contribution in [1.29, 1.82) is 0 Å². The Bertz CT molecular complexity index is 684. The third-order valence-corrected chi connectivity index (χ3v) is 3.38. The summed E-state index contributed by atoms with van der Waals surface area (Å²) in [5.41, 5.74) is 1.83. The molecule has 0 atom stereocenters. The standard InChI is InChI=1S/C15H11BrF3NO2/c1-9-2-7-13(12(16)8-9)20-14(21)10-3-5-11(6-4-10)22-15(17,18)19/h2-8H,1H3,(H,20,21). The Balaban J connectivity index is 2.10. The number of aryl methyl sites for hydroxylation is 1. The van der Waals surface area contributed by atoms with Gasteiger partial charge in [-0.2, -0.15) is 0 Å². The number of carbonyl (C=O) groups is 1. The van der Waals surface area contributed by atoms with E-state index in [4.69, 9.17) is 0 Å². The maximum absolute atomic E-state index is 12.1. The van der Waals surface area contributed by atoms with Crippen LogP contribution >= 0.6 is 15.9 Å². The largest absolute Gasteiger partial charge is 0.573 e. The Morgan fingerprint density at radius 3 is 2.32 bits per heavy atom. The zero-order valence-corrected chi connectivity index (χ0v) is 13.0. The first kappa shape index (κ1) is 16.4. The van der Waals surface area contributed by atoms with Gasteiger partial charge in [0.2, 0.25) is 0 Å². The number of carbonyl (C=O) groups excluding carboxylic acids is 1. The topological polar surface area (TPSA) is 38.3 Å². The molecule has 2 aromatic carbocycles. The van der Waals surface area contributed by atoms with Gasteiger partial charge in [-0.1, -0.05) is 6.07 Å². The molecule has 0 bridgehead atoms. The lowest BCUT2D eigenvalue weighted by atomic mass is 10.2. The highest BCUT2D eigenvalue weighted by Crippen LogP contribution is 2.25. The minimum atomic E-state index is -4.75. The highest BCUT2D eigenvalue weighted by atomic mass is 79.9. The van der Waals surface area contributed by atoms with Crippen LogP contribution in [0.4, 0.5) is 18.9 Å². The number of hydrogen-bond acceptors (Lipinski definition) is 2. The number of hydrogen-bond donors (Lipinski definition) is 1. The van der Waals surface area contributed by atoms with E-state index in [2.05, 4.69) is 26.0 Å². The number of alkyl halides is 3. The summed E-state index contributed by atoms with van der Waals surface area (Å²) in [4.78, 5) is 12.1. The third-order valence-electron chi connectivity index (χ3n) is 2.72. The van der Waals surface area contributed by atoms with E-state index in [1.165, 1.54) is 12.1 Å². The Kier molecular flexibility index (Phi) is 4.75. The summed E-state index contributed by atoms with van der Waals surface area (Å²) in [6.45, 7) is 1.91. The summed E-state index contributed by atoms with van der Waals surface area (Å²) < 4.78 is 40.6. The molecule has 3 nitrogen and oxygen atoms in total. The van der Waals surface area contributed by atoms with Gasteiger partial charge in [0.1, 0.15) is 5.75 Å². The first-order valence-electron chi connectivity index (χ1n) is 6.18. The summed E-state index contributed by atoms with van der Waals surface area (Å²) >= 11 is 3.33. The second-order valence-electron chi connectivity index (χ2n) is 4.51. The van der Waals surface area contributed by atoms with Crippen molar-refractivity contribution in [1.82, 2.24) is 0 Å². The maximum Gasteiger partial charge on any atom is 0.573 e. The zero-order valence-electron chi connectivity index (χ0n) is 11.4. The Morgan fingerprint density at radius 1 is 1.14 bits per heavy atom. The minimum Gasteiger partial charge on any atom is -0.406 e. The quantitative estimate of drug-likeness (QED) is 0.829. The van der Waals surface area contributed by atoms with Gasteiger partial charge in [0.25, 0.3) is 5.91 Å². The van der Waals surface area contributed by atoms with E-state index in [0.29, 0.717) is 5.69 Å². The number of anilines is 1. The predicted molar refractivity (Wildman–Crippen MR) is 80.0 cm³/mol. The number of rotatable bonds is 3. The van der Waals surface area contributed by atoms with Crippen molar-refractivity contribution < 1.29 is 22.7 Å². The van der Waals surface area contributed by atoms with Gasteiger partial charge in [0.05, 0.1) is 5.69 Å². The van der Waals surface area contributed by atoms with Crippen LogP contribution < -0.4 is 10.1 Å². The van der Waals surface area contributed by atoms with Gasteiger partial charge in [0, 0.05) is 10.0 Å². The van der Waals surface area contributed by atoms with Crippen LogP contribution in [0.1, 0.15) is 15.9 Å². The van der Waals surface area contributed by atoms with Crippen LogP contribution in [0.3, 0.4) is 0 Å². The summed E-state index contributed by atoms with van der Waals surface area (Å²) in [7, 11) is 0. The van der Waals surface area contributed by atoms with Crippen molar-refractivity contribution in [2.75, 3.05) is 5.32 Å². The van der Waals surface area contributed by atoms with Gasteiger partial charge in [-0.05, 0) is 64.8 Å². The molecule has 0 saturated carbocycles. The van der Waals surface area contributed by atoms with Crippen molar-refractivity contribution in [2.45, 2.75) is 13.3 Å². The van der Waals surface area contributed by atoms with Crippen molar-refractivity contribution >= 4 is 27.5 Å². The van der Waals surface area contributed by atoms with E-state index in [9.17, 15) is 18.0 Å². The molecule has 0 aromatic heterocycles. The Labute approximate surface area is 133 Å². The lowest BCUT2D eigenvalue weighted by Crippen LogP contribution is -2.17. The van der Waals surface area contributed by atoms with Gasteiger partial charge in [-0.25, -0.2) is 0 Å². The molecule has 0 aliphatic heterocycles. The molecule has 0 saturated heterocycles. The number of benzene rings is 2. The fraction of sp³-hybridized carbons (Fsp3) is 0.133. The molecule has 0 spiro atoms. The summed E-state index contributed by atoms with van der Waals surface area (Å²) in [6.07, 6.45) is -4.75. The molecule has 7 heteroatoms. The molecule has 0 radical (unpaired) electrons. The van der Waals surface area contributed by atoms with Crippen LogP contribution in [0.25, 0.3) is 0 Å². The zero-order chi connectivity index (χ0) is 16.3. The summed E-state index contributed by atoms with van der Waals surface area (Å²) in [6, 6.07) is 10.1. The molecule has 0 aliphatic rings. The fourth-order valence-corrected chi connectivity index (χ4v) is 2.32. The van der Waals surface area contributed by atoms with E-state index in [1.54, 1.807) is 6.07 Å². The molecule has 0 unspecified atom stereocenters. The van der Waals surface area contributed by atoms with E-state index in [1.807, 2.05) is 19.1 Å². The van der Waals surface area contributed by atoms with Gasteiger partial charge in [-0.15, -0.1) is 13.2 Å². The lowest BCUT2D eigenvalue weighted by Gasteiger charge is -2.10. The highest BCUT2D eigenvalue weighted by Gasteiger charge is 2.31. The fourth-order valence-electron chi connectivity index (χ4n) is 1.72. The highest BCUT2D eigenvalue weighted by molar-refractivity contribution is 9.10. The Hall–Kier alpha value is -2.02. The molecule has 1 amide bonds. The van der Waals surface area contributed by atoms with Crippen LogP contribution in [-0.4, -0.2) is 12.3 Å². The molecular formula is C15H11BrF3NO2. The van der Waals surface area contributed by atoms with E-state index in [0.717, 1.165) is 22.2 Å². The van der Waals surface area contributed by atoms with Crippen LogP contribution in [0.15, 0.2) is 46.9 Å². The molecule has 116 valence electrons. The normalized spacial score (nSPS) is 11.1. The van der Waals surface area contributed by atoms with Gasteiger partial charge >= 0.3 is 6.36 Å². The first-order valence-corrected chi connectivity index (χ1v) is 6.97. The molecular weight excluding hydrogens is 363 g/mol. The molecule has 2 rings (SSSR count). The Morgan fingerprint density at radius 2 is 1.77 bits per heavy atom. The monoisotopic (exact) mass is 373 g/mol. The van der Waals surface area contributed by atoms with E-state index in [-0.39, 0.29) is 11.3 Å².